The van der Waals surface area contributed by atoms with Crippen molar-refractivity contribution >= 4 is 17.9 Å². The summed E-state index contributed by atoms with van der Waals surface area (Å²) in [6.45, 7) is 0. The van der Waals surface area contributed by atoms with E-state index in [-0.39, 0.29) is 5.75 Å². The van der Waals surface area contributed by atoms with Crippen molar-refractivity contribution in [3.05, 3.63) is 30.3 Å². The van der Waals surface area contributed by atoms with Crippen LogP contribution in [-0.2, 0) is 14.4 Å². The van der Waals surface area contributed by atoms with Crippen LogP contribution in [0.1, 0.15) is 12.8 Å². The molecule has 1 aromatic rings. The summed E-state index contributed by atoms with van der Waals surface area (Å²) in [5, 5.41) is 18.2. The van der Waals surface area contributed by atoms with E-state index in [0.717, 1.165) is 4.90 Å². The highest BCUT2D eigenvalue weighted by molar-refractivity contribution is 6.05. The molecule has 114 valence electrons. The van der Waals surface area contributed by atoms with E-state index in [0.29, 0.717) is 0 Å². The highest BCUT2D eigenvalue weighted by Gasteiger charge is 2.50. The van der Waals surface area contributed by atoms with Crippen LogP contribution in [0.4, 0.5) is 0 Å². The zero-order valence-electron chi connectivity index (χ0n) is 11.8. The molecule has 0 aliphatic heterocycles. The lowest BCUT2D eigenvalue weighted by Crippen LogP contribution is -2.59. The lowest BCUT2D eigenvalue weighted by Gasteiger charge is -2.32. The van der Waals surface area contributed by atoms with Crippen LogP contribution >= 0.6 is 0 Å². The van der Waals surface area contributed by atoms with Gasteiger partial charge in [0.2, 0.25) is 5.54 Å². The van der Waals surface area contributed by atoms with E-state index < -0.39 is 36.3 Å². The predicted octanol–water partition coefficient (Wildman–Crippen LogP) is 0.842. The Kier molecular flexibility index (Phi) is 5.43. The zero-order chi connectivity index (χ0) is 16.0. The van der Waals surface area contributed by atoms with Gasteiger partial charge in [0.05, 0.1) is 0 Å². The molecule has 0 amide bonds. The van der Waals surface area contributed by atoms with Crippen LogP contribution in [0.25, 0.3) is 0 Å². The van der Waals surface area contributed by atoms with E-state index in [9.17, 15) is 19.5 Å². The fourth-order valence-electron chi connectivity index (χ4n) is 1.86. The number of hydrogen-bond donors (Lipinski definition) is 2. The molecule has 0 aromatic heterocycles. The van der Waals surface area contributed by atoms with E-state index in [2.05, 4.69) is 0 Å². The predicted molar refractivity (Wildman–Crippen MR) is 73.0 cm³/mol. The summed E-state index contributed by atoms with van der Waals surface area (Å²) in [5.41, 5.74) is -2.05. The van der Waals surface area contributed by atoms with Crippen molar-refractivity contribution in [1.29, 1.82) is 0 Å². The Morgan fingerprint density at radius 3 is 2.14 bits per heavy atom. The van der Waals surface area contributed by atoms with Gasteiger partial charge in [-0.1, -0.05) is 18.2 Å². The van der Waals surface area contributed by atoms with Crippen LogP contribution in [0.2, 0.25) is 0 Å². The largest absolute Gasteiger partial charge is 0.481 e. The first-order chi connectivity index (χ1) is 9.80. The van der Waals surface area contributed by atoms with Crippen molar-refractivity contribution in [2.45, 2.75) is 18.4 Å². The van der Waals surface area contributed by atoms with Gasteiger partial charge in [-0.05, 0) is 32.6 Å². The van der Waals surface area contributed by atoms with Gasteiger partial charge in [0.25, 0.3) is 0 Å². The zero-order valence-corrected chi connectivity index (χ0v) is 11.8. The fourth-order valence-corrected chi connectivity index (χ4v) is 1.86. The summed E-state index contributed by atoms with van der Waals surface area (Å²) in [4.78, 5) is 35.7. The third-order valence-electron chi connectivity index (χ3n) is 3.11. The van der Waals surface area contributed by atoms with Gasteiger partial charge in [-0.25, -0.2) is 9.59 Å². The van der Waals surface area contributed by atoms with Crippen LogP contribution in [0.3, 0.4) is 0 Å². The molecule has 0 heterocycles. The summed E-state index contributed by atoms with van der Waals surface area (Å²) in [6.07, 6.45) is -0.856. The second kappa shape index (κ2) is 6.85. The summed E-state index contributed by atoms with van der Waals surface area (Å²) in [6, 6.07) is 8.02. The van der Waals surface area contributed by atoms with Gasteiger partial charge in [0.1, 0.15) is 5.75 Å². The van der Waals surface area contributed by atoms with Gasteiger partial charge >= 0.3 is 17.9 Å². The summed E-state index contributed by atoms with van der Waals surface area (Å²) in [5.74, 6) is -3.46. The van der Waals surface area contributed by atoms with Crippen molar-refractivity contribution in [3.63, 3.8) is 0 Å². The molecule has 1 aromatic carbocycles. The van der Waals surface area contributed by atoms with Crippen LogP contribution < -0.4 is 4.74 Å². The molecular formula is C14H17NO6. The number of carboxylic acids is 2. The monoisotopic (exact) mass is 295 g/mol. The first-order valence-electron chi connectivity index (χ1n) is 6.20. The molecule has 7 heteroatoms. The molecule has 21 heavy (non-hydrogen) atoms. The standard InChI is InChI=1S/C14H17NO6/c1-15(2)14(12(18)19,9-8-11(16)17)13(20)21-10-6-4-3-5-7-10/h3-7H,8-9H2,1-2H3,(H,16,17)(H,18,19). The maximum atomic E-state index is 12.3. The van der Waals surface area contributed by atoms with Crippen LogP contribution in [0.5, 0.6) is 5.75 Å². The van der Waals surface area contributed by atoms with Crippen molar-refractivity contribution < 1.29 is 29.3 Å². The molecule has 0 saturated heterocycles. The molecule has 0 spiro atoms. The number of benzene rings is 1. The van der Waals surface area contributed by atoms with Crippen LogP contribution in [-0.4, -0.2) is 52.7 Å². The van der Waals surface area contributed by atoms with E-state index in [1.807, 2.05) is 0 Å². The number of rotatable bonds is 7. The molecule has 0 fully saturated rings. The minimum Gasteiger partial charge on any atom is -0.481 e. The average Bonchev–Trinajstić information content (AvgIpc) is 2.39. The number of carbonyl (C=O) groups is 3. The molecule has 0 bridgehead atoms. The molecule has 0 saturated carbocycles. The maximum Gasteiger partial charge on any atom is 0.343 e. The van der Waals surface area contributed by atoms with Gasteiger partial charge in [0.15, 0.2) is 0 Å². The summed E-state index contributed by atoms with van der Waals surface area (Å²) in [7, 11) is 2.78. The number of nitrogens with zero attached hydrogens (tertiary/aromatic N) is 1. The second-order valence-corrected chi connectivity index (χ2v) is 4.66. The molecular weight excluding hydrogens is 278 g/mol. The number of carbonyl (C=O) groups excluding carboxylic acids is 1. The van der Waals surface area contributed by atoms with E-state index >= 15 is 0 Å². The van der Waals surface area contributed by atoms with Crippen molar-refractivity contribution in [3.8, 4) is 5.75 Å². The van der Waals surface area contributed by atoms with Crippen LogP contribution in [0, 0.1) is 0 Å². The Hall–Kier alpha value is -2.41. The summed E-state index contributed by atoms with van der Waals surface area (Å²) < 4.78 is 5.08. The number of aliphatic carboxylic acids is 2. The van der Waals surface area contributed by atoms with E-state index in [4.69, 9.17) is 9.84 Å². The first-order valence-corrected chi connectivity index (χ1v) is 6.20. The molecule has 1 atom stereocenters. The normalized spacial score (nSPS) is 13.5. The van der Waals surface area contributed by atoms with Crippen molar-refractivity contribution in [1.82, 2.24) is 4.90 Å². The minimum absolute atomic E-state index is 0.199. The highest BCUT2D eigenvalue weighted by Crippen LogP contribution is 2.23. The number of carboxylic acid groups (broad SMARTS) is 2. The topological polar surface area (TPSA) is 104 Å². The number of hydrogen-bond acceptors (Lipinski definition) is 5. The molecule has 0 aliphatic rings. The lowest BCUT2D eigenvalue weighted by molar-refractivity contribution is -0.165. The Balaban J connectivity index is 3.07. The number of likely N-dealkylation sites (N-methyl/N-ethyl adjacent to an activating group) is 1. The third-order valence-corrected chi connectivity index (χ3v) is 3.11. The lowest BCUT2D eigenvalue weighted by atomic mass is 9.92. The van der Waals surface area contributed by atoms with Gasteiger partial charge in [0, 0.05) is 6.42 Å². The Bertz CT molecular complexity index is 528. The number of esters is 1. The van der Waals surface area contributed by atoms with Crippen LogP contribution in [0.15, 0.2) is 30.3 Å². The maximum absolute atomic E-state index is 12.3. The third kappa shape index (κ3) is 3.79. The number of ether oxygens (including phenoxy) is 1. The molecule has 0 radical (unpaired) electrons. The second-order valence-electron chi connectivity index (χ2n) is 4.66. The van der Waals surface area contributed by atoms with E-state index in [1.165, 1.54) is 26.2 Å². The molecule has 7 nitrogen and oxygen atoms in total. The fraction of sp³-hybridized carbons (Fsp3) is 0.357. The quantitative estimate of drug-likeness (QED) is 0.436. The number of para-hydroxylation sites is 1. The molecule has 0 aliphatic carbocycles. The molecule has 2 N–H and O–H groups in total. The minimum atomic E-state index is -2.05. The summed E-state index contributed by atoms with van der Waals surface area (Å²) >= 11 is 0. The highest BCUT2D eigenvalue weighted by atomic mass is 16.5. The smallest absolute Gasteiger partial charge is 0.343 e. The first kappa shape index (κ1) is 16.6. The Morgan fingerprint density at radius 1 is 1.14 bits per heavy atom. The van der Waals surface area contributed by atoms with Crippen molar-refractivity contribution in [2.24, 2.45) is 0 Å². The van der Waals surface area contributed by atoms with Gasteiger partial charge < -0.3 is 14.9 Å². The van der Waals surface area contributed by atoms with Gasteiger partial charge in [-0.2, -0.15) is 0 Å². The SMILES string of the molecule is CN(C)C(CCC(=O)O)(C(=O)O)C(=O)Oc1ccccc1. The van der Waals surface area contributed by atoms with Gasteiger partial charge in [-0.15, -0.1) is 0 Å². The average molecular weight is 295 g/mol. The Morgan fingerprint density at radius 2 is 1.71 bits per heavy atom. The molecule has 1 rings (SSSR count). The Labute approximate surface area is 121 Å². The molecule has 1 unspecified atom stereocenters. The van der Waals surface area contributed by atoms with Gasteiger partial charge in [-0.3, -0.25) is 9.69 Å². The van der Waals surface area contributed by atoms with E-state index in [1.54, 1.807) is 18.2 Å². The van der Waals surface area contributed by atoms with Crippen molar-refractivity contribution in [2.75, 3.05) is 14.1 Å².